The van der Waals surface area contributed by atoms with E-state index in [-0.39, 0.29) is 18.0 Å². The van der Waals surface area contributed by atoms with E-state index in [1.165, 1.54) is 12.0 Å². The van der Waals surface area contributed by atoms with Gasteiger partial charge in [-0.1, -0.05) is 30.7 Å². The zero-order valence-electron chi connectivity index (χ0n) is 12.9. The van der Waals surface area contributed by atoms with E-state index in [1.807, 2.05) is 36.1 Å². The summed E-state index contributed by atoms with van der Waals surface area (Å²) >= 11 is 5.94. The Morgan fingerprint density at radius 1 is 1.24 bits per heavy atom. The number of amides is 1. The van der Waals surface area contributed by atoms with Gasteiger partial charge in [-0.25, -0.2) is 0 Å². The molecule has 1 amide bonds. The topological polar surface area (TPSA) is 32.3 Å². The average molecular weight is 309 g/mol. The summed E-state index contributed by atoms with van der Waals surface area (Å²) in [5.74, 6) is 0.224. The first kappa shape index (κ1) is 16.3. The van der Waals surface area contributed by atoms with Gasteiger partial charge in [0.25, 0.3) is 0 Å². The number of carbonyl (C=O) groups excluding carboxylic acids is 1. The molecule has 4 heteroatoms. The fourth-order valence-corrected chi connectivity index (χ4v) is 3.03. The first-order chi connectivity index (χ1) is 10.1. The van der Waals surface area contributed by atoms with Gasteiger partial charge in [0.2, 0.25) is 5.91 Å². The molecule has 116 valence electrons. The van der Waals surface area contributed by atoms with Crippen molar-refractivity contribution < 1.29 is 4.79 Å². The van der Waals surface area contributed by atoms with Crippen molar-refractivity contribution in [3.63, 3.8) is 0 Å². The molecule has 0 spiro atoms. The van der Waals surface area contributed by atoms with Crippen LogP contribution in [0.4, 0.5) is 0 Å². The van der Waals surface area contributed by atoms with Gasteiger partial charge in [0.1, 0.15) is 0 Å². The molecule has 2 rings (SSSR count). The van der Waals surface area contributed by atoms with Crippen LogP contribution in [0.3, 0.4) is 0 Å². The molecule has 0 aromatic heterocycles. The van der Waals surface area contributed by atoms with Crippen molar-refractivity contribution in [2.75, 3.05) is 13.1 Å². The Balaban J connectivity index is 1.96. The molecule has 3 nitrogen and oxygen atoms in total. The number of likely N-dealkylation sites (tertiary alicyclic amines) is 1. The Hall–Kier alpha value is -1.06. The minimum Gasteiger partial charge on any atom is -0.341 e. The molecule has 2 unspecified atom stereocenters. The summed E-state index contributed by atoms with van der Waals surface area (Å²) in [5.41, 5.74) is 1.18. The SMILES string of the molecule is CCC(NC(C)C(=O)N1CCCCC1)c1ccc(Cl)cc1. The van der Waals surface area contributed by atoms with Crippen molar-refractivity contribution in [2.45, 2.75) is 51.6 Å². The van der Waals surface area contributed by atoms with Gasteiger partial charge in [-0.2, -0.15) is 0 Å². The summed E-state index contributed by atoms with van der Waals surface area (Å²) in [7, 11) is 0. The van der Waals surface area contributed by atoms with E-state index in [2.05, 4.69) is 12.2 Å². The maximum absolute atomic E-state index is 12.5. The Labute approximate surface area is 132 Å². The first-order valence-electron chi connectivity index (χ1n) is 7.92. The molecule has 1 heterocycles. The van der Waals surface area contributed by atoms with Crippen molar-refractivity contribution in [1.82, 2.24) is 10.2 Å². The van der Waals surface area contributed by atoms with Crippen molar-refractivity contribution in [1.29, 1.82) is 0 Å². The summed E-state index contributed by atoms with van der Waals surface area (Å²) in [6, 6.07) is 7.90. The van der Waals surface area contributed by atoms with Crippen LogP contribution in [-0.4, -0.2) is 29.9 Å². The molecule has 1 saturated heterocycles. The molecule has 1 fully saturated rings. The van der Waals surface area contributed by atoms with Crippen molar-refractivity contribution >= 4 is 17.5 Å². The zero-order chi connectivity index (χ0) is 15.2. The third-order valence-electron chi connectivity index (χ3n) is 4.17. The highest BCUT2D eigenvalue weighted by Crippen LogP contribution is 2.20. The molecule has 0 radical (unpaired) electrons. The molecule has 1 aliphatic rings. The summed E-state index contributed by atoms with van der Waals surface area (Å²) in [6.45, 7) is 5.91. The van der Waals surface area contributed by atoms with Gasteiger partial charge in [0, 0.05) is 24.2 Å². The Bertz CT molecular complexity index is 454. The van der Waals surface area contributed by atoms with E-state index in [1.54, 1.807) is 0 Å². The lowest BCUT2D eigenvalue weighted by Gasteiger charge is -2.31. The zero-order valence-corrected chi connectivity index (χ0v) is 13.7. The van der Waals surface area contributed by atoms with Gasteiger partial charge in [-0.05, 0) is 50.3 Å². The van der Waals surface area contributed by atoms with Crippen LogP contribution in [0.5, 0.6) is 0 Å². The van der Waals surface area contributed by atoms with Crippen LogP contribution in [0.2, 0.25) is 5.02 Å². The predicted octanol–water partition coefficient (Wildman–Crippen LogP) is 3.78. The highest BCUT2D eigenvalue weighted by atomic mass is 35.5. The molecule has 0 saturated carbocycles. The second-order valence-corrected chi connectivity index (χ2v) is 6.22. The quantitative estimate of drug-likeness (QED) is 0.897. The number of benzene rings is 1. The maximum Gasteiger partial charge on any atom is 0.239 e. The van der Waals surface area contributed by atoms with Gasteiger partial charge < -0.3 is 4.90 Å². The molecule has 1 aromatic rings. The average Bonchev–Trinajstić information content (AvgIpc) is 2.53. The van der Waals surface area contributed by atoms with Gasteiger partial charge in [-0.15, -0.1) is 0 Å². The van der Waals surface area contributed by atoms with E-state index in [9.17, 15) is 4.79 Å². The largest absolute Gasteiger partial charge is 0.341 e. The fourth-order valence-electron chi connectivity index (χ4n) is 2.91. The van der Waals surface area contributed by atoms with Crippen LogP contribution in [-0.2, 0) is 4.79 Å². The Kier molecular flexibility index (Phi) is 6.07. The van der Waals surface area contributed by atoms with Gasteiger partial charge >= 0.3 is 0 Å². The number of piperidine rings is 1. The fraction of sp³-hybridized carbons (Fsp3) is 0.588. The van der Waals surface area contributed by atoms with Crippen molar-refractivity contribution in [2.24, 2.45) is 0 Å². The lowest BCUT2D eigenvalue weighted by atomic mass is 10.0. The summed E-state index contributed by atoms with van der Waals surface area (Å²) in [4.78, 5) is 14.5. The minimum absolute atomic E-state index is 0.149. The molecular formula is C17H25ClN2O. The predicted molar refractivity (Wildman–Crippen MR) is 87.5 cm³/mol. The van der Waals surface area contributed by atoms with Gasteiger partial charge in [0.05, 0.1) is 6.04 Å². The van der Waals surface area contributed by atoms with Gasteiger partial charge in [-0.3, -0.25) is 10.1 Å². The van der Waals surface area contributed by atoms with E-state index in [0.29, 0.717) is 0 Å². The third-order valence-corrected chi connectivity index (χ3v) is 4.42. The normalized spacial score (nSPS) is 18.3. The minimum atomic E-state index is -0.149. The lowest BCUT2D eigenvalue weighted by Crippen LogP contribution is -2.47. The Morgan fingerprint density at radius 2 is 1.86 bits per heavy atom. The maximum atomic E-state index is 12.5. The van der Waals surface area contributed by atoms with Crippen LogP contribution in [0, 0.1) is 0 Å². The molecule has 1 aliphatic heterocycles. The van der Waals surface area contributed by atoms with Crippen LogP contribution >= 0.6 is 11.6 Å². The first-order valence-corrected chi connectivity index (χ1v) is 8.30. The van der Waals surface area contributed by atoms with E-state index >= 15 is 0 Å². The number of hydrogen-bond acceptors (Lipinski definition) is 2. The smallest absolute Gasteiger partial charge is 0.239 e. The number of rotatable bonds is 5. The monoisotopic (exact) mass is 308 g/mol. The molecule has 2 atom stereocenters. The number of nitrogens with zero attached hydrogens (tertiary/aromatic N) is 1. The lowest BCUT2D eigenvalue weighted by molar-refractivity contribution is -0.134. The third kappa shape index (κ3) is 4.45. The number of halogens is 1. The van der Waals surface area contributed by atoms with Crippen molar-refractivity contribution in [3.8, 4) is 0 Å². The highest BCUT2D eigenvalue weighted by molar-refractivity contribution is 6.30. The Morgan fingerprint density at radius 3 is 2.43 bits per heavy atom. The van der Waals surface area contributed by atoms with Crippen LogP contribution in [0.25, 0.3) is 0 Å². The van der Waals surface area contributed by atoms with E-state index < -0.39 is 0 Å². The molecule has 1 N–H and O–H groups in total. The van der Waals surface area contributed by atoms with E-state index in [4.69, 9.17) is 11.6 Å². The highest BCUT2D eigenvalue weighted by Gasteiger charge is 2.24. The summed E-state index contributed by atoms with van der Waals surface area (Å²) in [6.07, 6.45) is 4.45. The number of carbonyl (C=O) groups is 1. The number of nitrogens with one attached hydrogen (secondary N) is 1. The van der Waals surface area contributed by atoms with Crippen LogP contribution < -0.4 is 5.32 Å². The van der Waals surface area contributed by atoms with Crippen LogP contribution in [0.1, 0.15) is 51.1 Å². The molecule has 1 aromatic carbocycles. The summed E-state index contributed by atoms with van der Waals surface area (Å²) < 4.78 is 0. The summed E-state index contributed by atoms with van der Waals surface area (Å²) in [5, 5.41) is 4.21. The van der Waals surface area contributed by atoms with Gasteiger partial charge in [0.15, 0.2) is 0 Å². The van der Waals surface area contributed by atoms with E-state index in [0.717, 1.165) is 37.4 Å². The second kappa shape index (κ2) is 7.81. The second-order valence-electron chi connectivity index (χ2n) is 5.79. The molecule has 21 heavy (non-hydrogen) atoms. The molecule has 0 bridgehead atoms. The standard InChI is InChI=1S/C17H25ClN2O/c1-3-16(14-7-9-15(18)10-8-14)19-13(2)17(21)20-11-5-4-6-12-20/h7-10,13,16,19H,3-6,11-12H2,1-2H3. The van der Waals surface area contributed by atoms with Crippen LogP contribution in [0.15, 0.2) is 24.3 Å². The molecular weight excluding hydrogens is 284 g/mol. The number of hydrogen-bond donors (Lipinski definition) is 1. The molecule has 0 aliphatic carbocycles. The van der Waals surface area contributed by atoms with Crippen molar-refractivity contribution in [3.05, 3.63) is 34.9 Å².